The van der Waals surface area contributed by atoms with E-state index in [1.807, 2.05) is 24.3 Å². The zero-order chi connectivity index (χ0) is 24.7. The van der Waals surface area contributed by atoms with Gasteiger partial charge in [-0.3, -0.25) is 9.10 Å². The minimum absolute atomic E-state index is 0.00516. The SMILES string of the molecule is COc1ccc(S(=O)(=O)N(CC(=O)N/N=C(/C)c2ccc(I)cc2)c2ccccc2OC)cc1. The summed E-state index contributed by atoms with van der Waals surface area (Å²) in [5.41, 5.74) is 4.12. The summed E-state index contributed by atoms with van der Waals surface area (Å²) in [6.45, 7) is 1.26. The smallest absolute Gasteiger partial charge is 0.264 e. The molecule has 0 aliphatic carbocycles. The number of benzene rings is 3. The predicted molar refractivity (Wildman–Crippen MR) is 140 cm³/mol. The summed E-state index contributed by atoms with van der Waals surface area (Å²) in [7, 11) is -1.18. The Morgan fingerprint density at radius 3 is 2.24 bits per heavy atom. The van der Waals surface area contributed by atoms with E-state index in [9.17, 15) is 13.2 Å². The van der Waals surface area contributed by atoms with Gasteiger partial charge in [-0.1, -0.05) is 24.3 Å². The first-order valence-electron chi connectivity index (χ1n) is 10.1. The Hall–Kier alpha value is -3.12. The van der Waals surface area contributed by atoms with Crippen LogP contribution in [0.4, 0.5) is 5.69 Å². The molecule has 10 heteroatoms. The molecule has 0 aliphatic heterocycles. The van der Waals surface area contributed by atoms with Gasteiger partial charge in [0.05, 0.1) is 30.5 Å². The molecule has 0 bridgehead atoms. The molecule has 178 valence electrons. The molecule has 1 N–H and O–H groups in total. The number of hydrazone groups is 1. The molecule has 0 unspecified atom stereocenters. The third-order valence-corrected chi connectivity index (χ3v) is 7.39. The summed E-state index contributed by atoms with van der Waals surface area (Å²) >= 11 is 2.20. The summed E-state index contributed by atoms with van der Waals surface area (Å²) in [4.78, 5) is 12.8. The molecule has 3 aromatic rings. The van der Waals surface area contributed by atoms with Crippen molar-refractivity contribution in [2.45, 2.75) is 11.8 Å². The number of anilines is 1. The van der Waals surface area contributed by atoms with Gasteiger partial charge < -0.3 is 9.47 Å². The number of sulfonamides is 1. The Labute approximate surface area is 212 Å². The molecular formula is C24H24IN3O5S. The fourth-order valence-electron chi connectivity index (χ4n) is 3.08. The van der Waals surface area contributed by atoms with Crippen LogP contribution in [0, 0.1) is 3.57 Å². The van der Waals surface area contributed by atoms with Crippen molar-refractivity contribution in [3.8, 4) is 11.5 Å². The summed E-state index contributed by atoms with van der Waals surface area (Å²) in [5.74, 6) is 0.222. The third-order valence-electron chi connectivity index (χ3n) is 4.90. The lowest BCUT2D eigenvalue weighted by Gasteiger charge is -2.25. The van der Waals surface area contributed by atoms with Gasteiger partial charge in [0.15, 0.2) is 0 Å². The number of hydrogen-bond acceptors (Lipinski definition) is 6. The second-order valence-electron chi connectivity index (χ2n) is 7.10. The fourth-order valence-corrected chi connectivity index (χ4v) is 4.87. The Bertz CT molecular complexity index is 1280. The van der Waals surface area contributed by atoms with Gasteiger partial charge in [-0.2, -0.15) is 5.10 Å². The van der Waals surface area contributed by atoms with Crippen LogP contribution in [0.2, 0.25) is 0 Å². The van der Waals surface area contributed by atoms with Crippen molar-refractivity contribution in [1.82, 2.24) is 5.43 Å². The van der Waals surface area contributed by atoms with Crippen molar-refractivity contribution in [1.29, 1.82) is 0 Å². The van der Waals surface area contributed by atoms with Crippen LogP contribution in [0.1, 0.15) is 12.5 Å². The lowest BCUT2D eigenvalue weighted by Crippen LogP contribution is -2.40. The molecule has 8 nitrogen and oxygen atoms in total. The average molecular weight is 593 g/mol. The molecule has 0 saturated heterocycles. The van der Waals surface area contributed by atoms with Gasteiger partial charge in [-0.25, -0.2) is 13.8 Å². The highest BCUT2D eigenvalue weighted by Gasteiger charge is 2.29. The minimum Gasteiger partial charge on any atom is -0.497 e. The number of para-hydroxylation sites is 2. The quantitative estimate of drug-likeness (QED) is 0.230. The molecule has 3 aromatic carbocycles. The summed E-state index contributed by atoms with van der Waals surface area (Å²) in [6.07, 6.45) is 0. The van der Waals surface area contributed by atoms with Gasteiger partial charge in [0.25, 0.3) is 15.9 Å². The first-order valence-corrected chi connectivity index (χ1v) is 12.7. The third kappa shape index (κ3) is 6.06. The lowest BCUT2D eigenvalue weighted by atomic mass is 10.1. The Balaban J connectivity index is 1.91. The second kappa shape index (κ2) is 11.3. The van der Waals surface area contributed by atoms with Crippen LogP contribution < -0.4 is 19.2 Å². The van der Waals surface area contributed by atoms with E-state index in [0.29, 0.717) is 17.2 Å². The number of carbonyl (C=O) groups excluding carboxylic acids is 1. The minimum atomic E-state index is -4.11. The van der Waals surface area contributed by atoms with Crippen molar-refractivity contribution < 1.29 is 22.7 Å². The van der Waals surface area contributed by atoms with E-state index in [1.54, 1.807) is 43.3 Å². The molecule has 0 atom stereocenters. The Kier molecular flexibility index (Phi) is 8.51. The van der Waals surface area contributed by atoms with Crippen molar-refractivity contribution in [2.75, 3.05) is 25.1 Å². The normalized spacial score (nSPS) is 11.6. The molecule has 34 heavy (non-hydrogen) atoms. The summed E-state index contributed by atoms with van der Waals surface area (Å²) in [5, 5.41) is 4.14. The Morgan fingerprint density at radius 1 is 0.971 bits per heavy atom. The van der Waals surface area contributed by atoms with E-state index in [-0.39, 0.29) is 10.6 Å². The molecular weight excluding hydrogens is 569 g/mol. The topological polar surface area (TPSA) is 97.3 Å². The van der Waals surface area contributed by atoms with Gasteiger partial charge in [-0.15, -0.1) is 0 Å². The van der Waals surface area contributed by atoms with Gasteiger partial charge in [0, 0.05) is 3.57 Å². The van der Waals surface area contributed by atoms with Crippen molar-refractivity contribution >= 4 is 49.9 Å². The molecule has 1 amide bonds. The number of halogens is 1. The number of carbonyl (C=O) groups is 1. The second-order valence-corrected chi connectivity index (χ2v) is 10.2. The van der Waals surface area contributed by atoms with E-state index in [2.05, 4.69) is 33.1 Å². The fraction of sp³-hybridized carbons (Fsp3) is 0.167. The number of ether oxygens (including phenoxy) is 2. The lowest BCUT2D eigenvalue weighted by molar-refractivity contribution is -0.119. The maximum absolute atomic E-state index is 13.5. The zero-order valence-electron chi connectivity index (χ0n) is 18.9. The van der Waals surface area contributed by atoms with Crippen LogP contribution in [0.15, 0.2) is 82.8 Å². The van der Waals surface area contributed by atoms with Gasteiger partial charge in [0.1, 0.15) is 18.0 Å². The first kappa shape index (κ1) is 25.5. The van der Waals surface area contributed by atoms with Gasteiger partial charge in [-0.05, 0) is 83.6 Å². The van der Waals surface area contributed by atoms with E-state index in [4.69, 9.17) is 9.47 Å². The molecule has 0 radical (unpaired) electrons. The molecule has 0 fully saturated rings. The van der Waals surface area contributed by atoms with Crippen molar-refractivity contribution in [3.05, 3.63) is 81.9 Å². The zero-order valence-corrected chi connectivity index (χ0v) is 21.8. The van der Waals surface area contributed by atoms with Crippen molar-refractivity contribution in [3.63, 3.8) is 0 Å². The number of rotatable bonds is 9. The summed E-state index contributed by atoms with van der Waals surface area (Å²) in [6, 6.07) is 20.2. The molecule has 0 saturated carbocycles. The van der Waals surface area contributed by atoms with Crippen LogP contribution in [-0.4, -0.2) is 40.8 Å². The van der Waals surface area contributed by atoms with Crippen LogP contribution >= 0.6 is 22.6 Å². The highest BCUT2D eigenvalue weighted by atomic mass is 127. The maximum Gasteiger partial charge on any atom is 0.264 e. The van der Waals surface area contributed by atoms with Crippen LogP contribution in [0.5, 0.6) is 11.5 Å². The van der Waals surface area contributed by atoms with Crippen LogP contribution in [-0.2, 0) is 14.8 Å². The molecule has 0 heterocycles. The Morgan fingerprint density at radius 2 is 1.62 bits per heavy atom. The van der Waals surface area contributed by atoms with E-state index in [0.717, 1.165) is 13.4 Å². The number of amides is 1. The first-order chi connectivity index (χ1) is 16.3. The number of hydrogen-bond donors (Lipinski definition) is 1. The molecule has 3 rings (SSSR count). The average Bonchev–Trinajstić information content (AvgIpc) is 2.86. The largest absolute Gasteiger partial charge is 0.497 e. The highest BCUT2D eigenvalue weighted by molar-refractivity contribution is 14.1. The number of nitrogens with one attached hydrogen (secondary N) is 1. The summed E-state index contributed by atoms with van der Waals surface area (Å²) < 4.78 is 39.6. The highest BCUT2D eigenvalue weighted by Crippen LogP contribution is 2.32. The van der Waals surface area contributed by atoms with Crippen LogP contribution in [0.25, 0.3) is 0 Å². The molecule has 0 aliphatic rings. The molecule has 0 spiro atoms. The van der Waals surface area contributed by atoms with Gasteiger partial charge >= 0.3 is 0 Å². The van der Waals surface area contributed by atoms with E-state index < -0.39 is 22.5 Å². The predicted octanol–water partition coefficient (Wildman–Crippen LogP) is 4.04. The number of methoxy groups -OCH3 is 2. The van der Waals surface area contributed by atoms with E-state index >= 15 is 0 Å². The van der Waals surface area contributed by atoms with Crippen LogP contribution in [0.3, 0.4) is 0 Å². The molecule has 0 aromatic heterocycles. The van der Waals surface area contributed by atoms with Crippen molar-refractivity contribution in [2.24, 2.45) is 5.10 Å². The monoisotopic (exact) mass is 593 g/mol. The maximum atomic E-state index is 13.5. The van der Waals surface area contributed by atoms with E-state index in [1.165, 1.54) is 26.4 Å². The van der Waals surface area contributed by atoms with Gasteiger partial charge in [0.2, 0.25) is 0 Å². The number of nitrogens with zero attached hydrogens (tertiary/aromatic N) is 2. The standard InChI is InChI=1S/C24H24IN3O5S/c1-17(18-8-10-19(25)11-9-18)26-27-24(29)16-28(22-6-4-5-7-23(22)33-3)34(30,31)21-14-12-20(32-2)13-15-21/h4-15H,16H2,1-3H3,(H,27,29)/b26-17-.